The second kappa shape index (κ2) is 31.8. The predicted molar refractivity (Wildman–Crippen MR) is 323 cm³/mol. The monoisotopic (exact) mass is 1240 g/mol. The predicted octanol–water partition coefficient (Wildman–Crippen LogP) is 4.87. The van der Waals surface area contributed by atoms with Crippen molar-refractivity contribution in [2.24, 2.45) is 16.7 Å². The number of aromatic nitrogens is 7. The van der Waals surface area contributed by atoms with E-state index in [1.165, 1.54) is 12.8 Å². The number of likely N-dealkylation sites (tertiary alicyclic amines) is 1. The van der Waals surface area contributed by atoms with Crippen LogP contribution >= 0.6 is 0 Å². The summed E-state index contributed by atoms with van der Waals surface area (Å²) in [6, 6.07) is 12.9. The summed E-state index contributed by atoms with van der Waals surface area (Å²) in [5.41, 5.74) is 0.240. The van der Waals surface area contributed by atoms with E-state index in [1.54, 1.807) is 40.1 Å². The molecule has 3 fully saturated rings. The molecule has 2 aromatic carbocycles. The minimum absolute atomic E-state index is 0.00814. The molecule has 1 spiro atoms. The molecule has 4 unspecified atom stereocenters. The molecule has 2 saturated carbocycles. The Hall–Kier alpha value is -6.10. The smallest absolute Gasteiger partial charge is 0.313 e. The summed E-state index contributed by atoms with van der Waals surface area (Å²) in [6.45, 7) is 13.6. The summed E-state index contributed by atoms with van der Waals surface area (Å²) in [4.78, 5) is 45.0. The Morgan fingerprint density at radius 1 is 0.730 bits per heavy atom. The zero-order chi connectivity index (χ0) is 62.9. The van der Waals surface area contributed by atoms with E-state index in [9.17, 15) is 29.7 Å². The Bertz CT molecular complexity index is 3080. The maximum absolute atomic E-state index is 13.9. The summed E-state index contributed by atoms with van der Waals surface area (Å²) in [5, 5.41) is 64.6. The number of carbonyl (C=O) groups is 3. The third-order valence-electron chi connectivity index (χ3n) is 18.2. The molecule has 1 saturated heterocycles. The minimum atomic E-state index is -1.10. The average molecular weight is 1240 g/mol. The molecular formula is C64H91N9O16. The minimum Gasteiger partial charge on any atom is -0.483 e. The third-order valence-corrected chi connectivity index (χ3v) is 18.2. The van der Waals surface area contributed by atoms with Crippen LogP contribution in [0.3, 0.4) is 0 Å². The number of carboxylic acid groups (broad SMARTS) is 1. The average Bonchev–Trinajstić information content (AvgIpc) is 1.59. The lowest BCUT2D eigenvalue weighted by Crippen LogP contribution is -2.78. The van der Waals surface area contributed by atoms with E-state index in [-0.39, 0.29) is 104 Å². The molecule has 10 rings (SSSR count). The fourth-order valence-electron chi connectivity index (χ4n) is 12.8. The summed E-state index contributed by atoms with van der Waals surface area (Å²) in [6.07, 6.45) is 10.5. The van der Waals surface area contributed by atoms with Crippen LogP contribution in [0.15, 0.2) is 61.1 Å². The maximum Gasteiger partial charge on any atom is 0.313 e. The number of nitrogens with one attached hydrogen (secondary N) is 1. The Kier molecular flexibility index (Phi) is 24.0. The first-order valence-electron chi connectivity index (χ1n) is 31.7. The van der Waals surface area contributed by atoms with Gasteiger partial charge in [-0.1, -0.05) is 68.5 Å². The first-order valence-corrected chi connectivity index (χ1v) is 31.7. The number of esters is 1. The van der Waals surface area contributed by atoms with Gasteiger partial charge in [0, 0.05) is 40.6 Å². The molecule has 5 aliphatic rings. The van der Waals surface area contributed by atoms with Crippen LogP contribution in [0.5, 0.6) is 11.5 Å². The van der Waals surface area contributed by atoms with Gasteiger partial charge >= 0.3 is 11.9 Å². The van der Waals surface area contributed by atoms with Crippen LogP contribution < -0.4 is 14.8 Å². The molecule has 2 bridgehead atoms. The van der Waals surface area contributed by atoms with Crippen LogP contribution in [0.2, 0.25) is 0 Å². The Balaban J connectivity index is 0.00000466. The van der Waals surface area contributed by atoms with Gasteiger partial charge in [0.15, 0.2) is 11.5 Å². The number of aliphatic hydroxyl groups is 3. The third kappa shape index (κ3) is 16.3. The summed E-state index contributed by atoms with van der Waals surface area (Å²) in [5.74, 6) is -0.261. The molecule has 5 aromatic rings. The number of aliphatic hydroxyl groups excluding tert-OH is 2. The molecular weight excluding hydrogens is 1150 g/mol. The highest BCUT2D eigenvalue weighted by molar-refractivity contribution is 5.96. The first-order chi connectivity index (χ1) is 43.3. The number of pyridine rings is 1. The van der Waals surface area contributed by atoms with Gasteiger partial charge in [-0.15, -0.1) is 10.2 Å². The first kappa shape index (κ1) is 67.3. The van der Waals surface area contributed by atoms with E-state index in [1.807, 2.05) is 58.0 Å². The number of fused-ring (bicyclic) bond motifs is 1. The van der Waals surface area contributed by atoms with Crippen LogP contribution in [-0.4, -0.2) is 208 Å². The quantitative estimate of drug-likeness (QED) is 0.0199. The SMILES string of the molecule is CC.CCC(CO)(COCc1cn(CCOCCOCCC(=O)O)nn1)COCC(CC)(CO)COCc1cn(CCOCCOCCC(=O)Oc2ccc3c4c2O[C@H]2[C@@H](NC(=O)c5cc6ccccc6cn5)CC[C@@]5(O)C(C3)N(CC3CC3)CCC425)nn1. The van der Waals surface area contributed by atoms with Crippen molar-refractivity contribution < 1.29 is 77.4 Å². The van der Waals surface area contributed by atoms with Crippen molar-refractivity contribution in [3.63, 3.8) is 0 Å². The number of hydrogen-bond acceptors (Lipinski definition) is 21. The molecule has 5 heterocycles. The zero-order valence-corrected chi connectivity index (χ0v) is 52.1. The second-order valence-electron chi connectivity index (χ2n) is 24.1. The van der Waals surface area contributed by atoms with E-state index in [0.717, 1.165) is 35.0 Å². The zero-order valence-electron chi connectivity index (χ0n) is 52.1. The number of benzene rings is 2. The van der Waals surface area contributed by atoms with Crippen molar-refractivity contribution in [2.75, 3.05) is 106 Å². The van der Waals surface area contributed by atoms with Crippen LogP contribution in [0.4, 0.5) is 0 Å². The number of amides is 1. The Labute approximate surface area is 519 Å². The van der Waals surface area contributed by atoms with Crippen molar-refractivity contribution in [3.05, 3.63) is 89.3 Å². The van der Waals surface area contributed by atoms with Gasteiger partial charge in [-0.2, -0.15) is 0 Å². The van der Waals surface area contributed by atoms with Gasteiger partial charge in [0.2, 0.25) is 0 Å². The molecule has 2 aliphatic heterocycles. The number of carboxylic acids is 1. The van der Waals surface area contributed by atoms with Crippen LogP contribution in [0.1, 0.15) is 118 Å². The molecule has 1 amide bonds. The second-order valence-corrected chi connectivity index (χ2v) is 24.1. The number of piperidine rings is 1. The maximum atomic E-state index is 13.9. The number of aliphatic carboxylic acids is 1. The van der Waals surface area contributed by atoms with Gasteiger partial charge < -0.3 is 68.4 Å². The molecule has 25 heteroatoms. The Morgan fingerprint density at radius 2 is 1.33 bits per heavy atom. The number of nitrogens with zero attached hydrogens (tertiary/aromatic N) is 8. The molecule has 3 aliphatic carbocycles. The van der Waals surface area contributed by atoms with Gasteiger partial charge in [0.25, 0.3) is 5.91 Å². The van der Waals surface area contributed by atoms with Crippen molar-refractivity contribution >= 4 is 28.6 Å². The van der Waals surface area contributed by atoms with Crippen LogP contribution in [0.25, 0.3) is 10.8 Å². The molecule has 25 nitrogen and oxygen atoms in total. The lowest BCUT2D eigenvalue weighted by atomic mass is 9.48. The summed E-state index contributed by atoms with van der Waals surface area (Å²) < 4.78 is 56.8. The van der Waals surface area contributed by atoms with E-state index in [2.05, 4.69) is 35.8 Å². The van der Waals surface area contributed by atoms with E-state index >= 15 is 0 Å². The van der Waals surface area contributed by atoms with Gasteiger partial charge in [-0.25, -0.2) is 9.36 Å². The number of hydrogen-bond donors (Lipinski definition) is 5. The number of ether oxygens (including phenoxy) is 9. The topological polar surface area (TPSA) is 305 Å². The highest BCUT2D eigenvalue weighted by Gasteiger charge is 2.73. The van der Waals surface area contributed by atoms with Gasteiger partial charge in [-0.05, 0) is 86.9 Å². The Morgan fingerprint density at radius 3 is 1.92 bits per heavy atom. The normalized spacial score (nSPS) is 22.1. The molecule has 0 radical (unpaired) electrons. The highest BCUT2D eigenvalue weighted by Crippen LogP contribution is 2.66. The summed E-state index contributed by atoms with van der Waals surface area (Å²) >= 11 is 0. The van der Waals surface area contributed by atoms with Crippen LogP contribution in [-0.2, 0) is 80.9 Å². The van der Waals surface area contributed by atoms with Gasteiger partial charge in [0.05, 0.1) is 161 Å². The fourth-order valence-corrected chi connectivity index (χ4v) is 12.8. The molecule has 89 heavy (non-hydrogen) atoms. The van der Waals surface area contributed by atoms with E-state index in [0.29, 0.717) is 113 Å². The molecule has 5 N–H and O–H groups in total. The largest absolute Gasteiger partial charge is 0.483 e. The highest BCUT2D eigenvalue weighted by atomic mass is 16.6. The molecule has 7 atom stereocenters. The van der Waals surface area contributed by atoms with Gasteiger partial charge in [-0.3, -0.25) is 24.3 Å². The number of rotatable bonds is 39. The lowest BCUT2D eigenvalue weighted by Gasteiger charge is -2.64. The standard InChI is InChI=1S/C62H85N9O16.C2H6/c1-3-59(37-72,39-83-35-47-33-70(67-65-47)19-23-81-27-25-79-21-14-53(74)75)41-85-42-60(4-2,38-73)40-84-36-48-34-71(68-66-48)20-24-82-28-26-80-22-15-54(76)86-51-12-11-45-30-52-62(78)16-13-49(64-58(77)50-29-44-7-5-6-8-46(44)31-63-50)57-61(62,55(45)56(51)87-57)17-18-69(52)32-43-9-10-43;1-2/h5-8,11-12,29,31,33-34,43,49,52,57,72-73,78H,3-4,9-10,13-28,30,32,35-42H2,1-2H3,(H,64,77)(H,74,75);1-2H3/t49-,52?,57-,59?,60?,61?,62+;/m0./s1. The lowest BCUT2D eigenvalue weighted by molar-refractivity contribution is -0.191. The van der Waals surface area contributed by atoms with Gasteiger partial charge in [0.1, 0.15) is 23.2 Å². The van der Waals surface area contributed by atoms with Crippen LogP contribution in [0, 0.1) is 16.7 Å². The fraction of sp³-hybridized carbons (Fsp3) is 0.656. The molecule has 3 aromatic heterocycles. The van der Waals surface area contributed by atoms with Crippen molar-refractivity contribution in [2.45, 2.75) is 147 Å². The molecule has 488 valence electrons. The van der Waals surface area contributed by atoms with Crippen molar-refractivity contribution in [3.8, 4) is 11.5 Å². The van der Waals surface area contributed by atoms with Crippen molar-refractivity contribution in [1.82, 2.24) is 45.2 Å². The van der Waals surface area contributed by atoms with E-state index < -0.39 is 45.9 Å². The number of carbonyl (C=O) groups excluding carboxylic acids is 2. The van der Waals surface area contributed by atoms with E-state index in [4.69, 9.17) is 47.7 Å². The van der Waals surface area contributed by atoms with Crippen molar-refractivity contribution in [1.29, 1.82) is 0 Å². The summed E-state index contributed by atoms with van der Waals surface area (Å²) in [7, 11) is 0.